The van der Waals surface area contributed by atoms with Crippen LogP contribution in [0.1, 0.15) is 66.7 Å². The number of ketones is 1. The number of fused-ring (bicyclic) bond motifs is 1. The van der Waals surface area contributed by atoms with E-state index in [-0.39, 0.29) is 22.3 Å². The van der Waals surface area contributed by atoms with Gasteiger partial charge in [0.1, 0.15) is 5.78 Å². The van der Waals surface area contributed by atoms with Crippen molar-refractivity contribution in [3.63, 3.8) is 0 Å². The highest BCUT2D eigenvalue weighted by Gasteiger charge is 2.55. The molecule has 0 aliphatic heterocycles. The molecule has 146 valence electrons. The van der Waals surface area contributed by atoms with Gasteiger partial charge in [-0.1, -0.05) is 20.8 Å². The van der Waals surface area contributed by atoms with Crippen LogP contribution in [0, 0.1) is 22.7 Å². The molecule has 2 rings (SSSR count). The Balaban J connectivity index is 1.96. The van der Waals surface area contributed by atoms with Crippen molar-refractivity contribution < 1.29 is 14.0 Å². The molecular weight excluding hydrogens is 328 g/mol. The molecule has 4 heteroatoms. The molecule has 0 aromatic rings. The van der Waals surface area contributed by atoms with E-state index in [2.05, 4.69) is 54.3 Å². The van der Waals surface area contributed by atoms with Crippen LogP contribution in [0.15, 0.2) is 0 Å². The molecule has 0 saturated heterocycles. The number of carbonyl (C=O) groups excluding carboxylic acids is 1. The zero-order valence-corrected chi connectivity index (χ0v) is 18.8. The van der Waals surface area contributed by atoms with Gasteiger partial charge in [0, 0.05) is 12.3 Å². The third kappa shape index (κ3) is 4.95. The summed E-state index contributed by atoms with van der Waals surface area (Å²) in [6, 6.07) is 0. The van der Waals surface area contributed by atoms with Crippen LogP contribution < -0.4 is 0 Å². The average Bonchev–Trinajstić information content (AvgIpc) is 2.74. The molecule has 2 fully saturated rings. The SMILES string of the molecule is CC(C)(COCC(C)(C)[C@H]1CC[C@H]2C(=O)CCC[C@]12C)O[Si](C)(C)C. The molecule has 0 amide bonds. The second-order valence-corrected chi connectivity index (χ2v) is 15.4. The minimum absolute atomic E-state index is 0.0936. The Morgan fingerprint density at radius 1 is 1.12 bits per heavy atom. The molecule has 0 aromatic carbocycles. The highest BCUT2D eigenvalue weighted by atomic mass is 28.4. The molecule has 2 aliphatic carbocycles. The highest BCUT2D eigenvalue weighted by Crippen LogP contribution is 2.59. The largest absolute Gasteiger partial charge is 0.410 e. The predicted octanol–water partition coefficient (Wildman–Crippen LogP) is 5.44. The fraction of sp³-hybridized carbons (Fsp3) is 0.952. The lowest BCUT2D eigenvalue weighted by atomic mass is 9.58. The molecule has 2 saturated carbocycles. The molecule has 0 radical (unpaired) electrons. The summed E-state index contributed by atoms with van der Waals surface area (Å²) in [5, 5.41) is 0. The lowest BCUT2D eigenvalue weighted by Gasteiger charge is -2.46. The van der Waals surface area contributed by atoms with Gasteiger partial charge >= 0.3 is 0 Å². The molecule has 0 bridgehead atoms. The Hall–Kier alpha value is -0.193. The molecule has 0 spiro atoms. The van der Waals surface area contributed by atoms with Crippen LogP contribution in [-0.2, 0) is 14.0 Å². The van der Waals surface area contributed by atoms with E-state index in [0.717, 1.165) is 32.3 Å². The van der Waals surface area contributed by atoms with Gasteiger partial charge in [0.05, 0.1) is 18.8 Å². The van der Waals surface area contributed by atoms with Gasteiger partial charge < -0.3 is 9.16 Å². The first-order valence-electron chi connectivity index (χ1n) is 10.1. The van der Waals surface area contributed by atoms with E-state index in [9.17, 15) is 4.79 Å². The third-order valence-corrected chi connectivity index (χ3v) is 7.48. The Morgan fingerprint density at radius 2 is 1.76 bits per heavy atom. The van der Waals surface area contributed by atoms with Crippen molar-refractivity contribution in [1.82, 2.24) is 0 Å². The summed E-state index contributed by atoms with van der Waals surface area (Å²) in [4.78, 5) is 12.4. The maximum absolute atomic E-state index is 12.4. The first-order chi connectivity index (χ1) is 11.3. The van der Waals surface area contributed by atoms with Crippen LogP contribution in [0.25, 0.3) is 0 Å². The molecular formula is C21H40O3Si. The van der Waals surface area contributed by atoms with Crippen LogP contribution in [-0.4, -0.2) is 32.9 Å². The van der Waals surface area contributed by atoms with E-state index in [4.69, 9.17) is 9.16 Å². The lowest BCUT2D eigenvalue weighted by Crippen LogP contribution is -2.45. The van der Waals surface area contributed by atoms with E-state index in [1.807, 2.05) is 0 Å². The lowest BCUT2D eigenvalue weighted by molar-refractivity contribution is -0.132. The number of carbonyl (C=O) groups is 1. The monoisotopic (exact) mass is 368 g/mol. The molecule has 0 aromatic heterocycles. The van der Waals surface area contributed by atoms with Crippen molar-refractivity contribution in [3.8, 4) is 0 Å². The number of ether oxygens (including phenoxy) is 1. The van der Waals surface area contributed by atoms with E-state index in [1.165, 1.54) is 6.42 Å². The van der Waals surface area contributed by atoms with E-state index < -0.39 is 8.32 Å². The van der Waals surface area contributed by atoms with Crippen molar-refractivity contribution >= 4 is 14.1 Å². The van der Waals surface area contributed by atoms with Gasteiger partial charge in [-0.2, -0.15) is 0 Å². The topological polar surface area (TPSA) is 35.5 Å². The Morgan fingerprint density at radius 3 is 2.36 bits per heavy atom. The number of hydrogen-bond donors (Lipinski definition) is 0. The van der Waals surface area contributed by atoms with Crippen molar-refractivity contribution in [3.05, 3.63) is 0 Å². The maximum Gasteiger partial charge on any atom is 0.184 e. The normalized spacial score (nSPS) is 31.3. The van der Waals surface area contributed by atoms with Gasteiger partial charge in [-0.05, 0) is 75.9 Å². The third-order valence-electron chi connectivity index (χ3n) is 6.31. The highest BCUT2D eigenvalue weighted by molar-refractivity contribution is 6.69. The van der Waals surface area contributed by atoms with E-state index in [0.29, 0.717) is 18.3 Å². The average molecular weight is 369 g/mol. The van der Waals surface area contributed by atoms with Crippen molar-refractivity contribution in [2.75, 3.05) is 13.2 Å². The van der Waals surface area contributed by atoms with Crippen LogP contribution in [0.2, 0.25) is 19.6 Å². The van der Waals surface area contributed by atoms with Crippen LogP contribution in [0.5, 0.6) is 0 Å². The minimum atomic E-state index is -1.57. The van der Waals surface area contributed by atoms with Gasteiger partial charge in [0.2, 0.25) is 0 Å². The second kappa shape index (κ2) is 7.08. The summed E-state index contributed by atoms with van der Waals surface area (Å²) < 4.78 is 12.4. The minimum Gasteiger partial charge on any atom is -0.410 e. The molecule has 3 nitrogen and oxygen atoms in total. The van der Waals surface area contributed by atoms with Crippen LogP contribution in [0.4, 0.5) is 0 Å². The van der Waals surface area contributed by atoms with Gasteiger partial charge in [-0.15, -0.1) is 0 Å². The summed E-state index contributed by atoms with van der Waals surface area (Å²) in [5.74, 6) is 1.37. The molecule has 3 atom stereocenters. The summed E-state index contributed by atoms with van der Waals surface area (Å²) in [5.41, 5.74) is 0.0341. The van der Waals surface area contributed by atoms with E-state index >= 15 is 0 Å². The van der Waals surface area contributed by atoms with Gasteiger partial charge in [-0.25, -0.2) is 0 Å². The standard InChI is InChI=1S/C21H40O3Si/c1-19(2,14-23-15-20(3,4)24-25(6,7)8)18-12-11-16-17(22)10-9-13-21(16,18)5/h16,18H,9-15H2,1-8H3/t16-,18+,21-/m0/s1. The maximum atomic E-state index is 12.4. The number of rotatable bonds is 7. The predicted molar refractivity (Wildman–Crippen MR) is 106 cm³/mol. The molecule has 0 heterocycles. The van der Waals surface area contributed by atoms with Gasteiger partial charge in [0.15, 0.2) is 8.32 Å². The first kappa shape index (κ1) is 21.1. The Bertz CT molecular complexity index is 492. The molecule has 2 aliphatic rings. The number of Topliss-reactive ketones (excluding diaryl/α,β-unsaturated/α-hetero) is 1. The Kier molecular flexibility index (Phi) is 5.98. The summed E-state index contributed by atoms with van der Waals surface area (Å²) in [6.07, 6.45) is 5.30. The molecule has 0 unspecified atom stereocenters. The summed E-state index contributed by atoms with van der Waals surface area (Å²) in [7, 11) is -1.57. The zero-order valence-electron chi connectivity index (χ0n) is 17.8. The van der Waals surface area contributed by atoms with Gasteiger partial charge in [-0.3, -0.25) is 4.79 Å². The first-order valence-corrected chi connectivity index (χ1v) is 13.5. The fourth-order valence-electron chi connectivity index (χ4n) is 5.73. The quantitative estimate of drug-likeness (QED) is 0.561. The van der Waals surface area contributed by atoms with Gasteiger partial charge in [0.25, 0.3) is 0 Å². The summed E-state index contributed by atoms with van der Waals surface area (Å²) in [6.45, 7) is 19.3. The molecule has 0 N–H and O–H groups in total. The fourth-order valence-corrected chi connectivity index (χ4v) is 7.45. The zero-order chi connectivity index (χ0) is 19.1. The number of hydrogen-bond acceptors (Lipinski definition) is 3. The smallest absolute Gasteiger partial charge is 0.184 e. The van der Waals surface area contributed by atoms with Crippen LogP contribution >= 0.6 is 0 Å². The molecule has 25 heavy (non-hydrogen) atoms. The second-order valence-electron chi connectivity index (χ2n) is 11.0. The van der Waals surface area contributed by atoms with Crippen LogP contribution in [0.3, 0.4) is 0 Å². The van der Waals surface area contributed by atoms with Crippen molar-refractivity contribution in [2.45, 2.75) is 92.0 Å². The van der Waals surface area contributed by atoms with Crippen molar-refractivity contribution in [2.24, 2.45) is 22.7 Å². The van der Waals surface area contributed by atoms with Crippen molar-refractivity contribution in [1.29, 1.82) is 0 Å². The Labute approximate surface area is 156 Å². The van der Waals surface area contributed by atoms with E-state index in [1.54, 1.807) is 0 Å². The summed E-state index contributed by atoms with van der Waals surface area (Å²) >= 11 is 0.